The van der Waals surface area contributed by atoms with Crippen molar-refractivity contribution in [1.29, 1.82) is 0 Å². The summed E-state index contributed by atoms with van der Waals surface area (Å²) >= 11 is 0. The van der Waals surface area contributed by atoms with Crippen LogP contribution in [0.5, 0.6) is 0 Å². The number of nitrogens with one attached hydrogen (secondary N) is 1. The minimum absolute atomic E-state index is 0.0686. The zero-order valence-electron chi connectivity index (χ0n) is 12.7. The Morgan fingerprint density at radius 3 is 2.52 bits per heavy atom. The maximum atomic E-state index is 12.5. The number of carbonyl (C=O) groups excluding carboxylic acids is 2. The summed E-state index contributed by atoms with van der Waals surface area (Å²) in [6.45, 7) is 2.57. The lowest BCUT2D eigenvalue weighted by Crippen LogP contribution is -2.52. The lowest BCUT2D eigenvalue weighted by Gasteiger charge is -2.33. The SMILES string of the molecule is CCCN(C(=O)N(C)CC(=O)NC)C1COCC1C(=O)O. The van der Waals surface area contributed by atoms with Crippen LogP contribution < -0.4 is 5.32 Å². The number of carbonyl (C=O) groups is 3. The fourth-order valence-corrected chi connectivity index (χ4v) is 2.31. The lowest BCUT2D eigenvalue weighted by molar-refractivity contribution is -0.143. The normalized spacial score (nSPS) is 20.9. The van der Waals surface area contributed by atoms with Crippen LogP contribution in [0.4, 0.5) is 4.79 Å². The molecule has 0 aromatic rings. The fraction of sp³-hybridized carbons (Fsp3) is 0.769. The predicted octanol–water partition coefficient (Wildman–Crippen LogP) is -0.404. The van der Waals surface area contributed by atoms with Gasteiger partial charge >= 0.3 is 12.0 Å². The summed E-state index contributed by atoms with van der Waals surface area (Å²) in [5.41, 5.74) is 0. The minimum atomic E-state index is -0.972. The van der Waals surface area contributed by atoms with E-state index < -0.39 is 17.9 Å². The lowest BCUT2D eigenvalue weighted by atomic mass is 10.0. The topological polar surface area (TPSA) is 99.2 Å². The Morgan fingerprint density at radius 2 is 2.00 bits per heavy atom. The molecule has 120 valence electrons. The monoisotopic (exact) mass is 301 g/mol. The first kappa shape index (κ1) is 17.2. The summed E-state index contributed by atoms with van der Waals surface area (Å²) in [6, 6.07) is -0.857. The third-order valence-electron chi connectivity index (χ3n) is 3.46. The molecule has 3 amide bonds. The summed E-state index contributed by atoms with van der Waals surface area (Å²) in [7, 11) is 3.02. The van der Waals surface area contributed by atoms with Crippen LogP contribution in [0.3, 0.4) is 0 Å². The zero-order chi connectivity index (χ0) is 16.0. The van der Waals surface area contributed by atoms with Crippen LogP contribution >= 0.6 is 0 Å². The minimum Gasteiger partial charge on any atom is -0.481 e. The molecule has 1 fully saturated rings. The predicted molar refractivity (Wildman–Crippen MR) is 74.8 cm³/mol. The molecule has 1 saturated heterocycles. The third-order valence-corrected chi connectivity index (χ3v) is 3.46. The quantitative estimate of drug-likeness (QED) is 0.695. The van der Waals surface area contributed by atoms with Crippen molar-refractivity contribution in [3.05, 3.63) is 0 Å². The van der Waals surface area contributed by atoms with E-state index >= 15 is 0 Å². The average molecular weight is 301 g/mol. The molecule has 0 aromatic heterocycles. The van der Waals surface area contributed by atoms with Crippen molar-refractivity contribution in [2.75, 3.05) is 40.4 Å². The van der Waals surface area contributed by atoms with Gasteiger partial charge in [-0.25, -0.2) is 4.79 Å². The van der Waals surface area contributed by atoms with Gasteiger partial charge in [-0.1, -0.05) is 6.92 Å². The highest BCUT2D eigenvalue weighted by Crippen LogP contribution is 2.21. The van der Waals surface area contributed by atoms with Crippen molar-refractivity contribution >= 4 is 17.9 Å². The standard InChI is InChI=1S/C13H23N3O5/c1-4-5-16(10-8-21-7-9(10)12(18)19)13(20)15(3)6-11(17)14-2/h9-10H,4-8H2,1-3H3,(H,14,17)(H,18,19). The molecule has 0 spiro atoms. The number of hydrogen-bond donors (Lipinski definition) is 2. The van der Waals surface area contributed by atoms with Gasteiger partial charge in [0.1, 0.15) is 12.5 Å². The van der Waals surface area contributed by atoms with Gasteiger partial charge in [0.25, 0.3) is 0 Å². The number of urea groups is 1. The smallest absolute Gasteiger partial charge is 0.320 e. The van der Waals surface area contributed by atoms with Gasteiger partial charge in [-0.3, -0.25) is 9.59 Å². The molecule has 1 heterocycles. The molecular weight excluding hydrogens is 278 g/mol. The van der Waals surface area contributed by atoms with E-state index in [0.717, 1.165) is 0 Å². The van der Waals surface area contributed by atoms with Gasteiger partial charge in [-0.05, 0) is 6.42 Å². The van der Waals surface area contributed by atoms with E-state index in [1.165, 1.54) is 23.9 Å². The average Bonchev–Trinajstić information content (AvgIpc) is 2.93. The van der Waals surface area contributed by atoms with Crippen molar-refractivity contribution < 1.29 is 24.2 Å². The Kier molecular flexibility index (Phi) is 6.41. The number of rotatable bonds is 6. The Balaban J connectivity index is 2.82. The Morgan fingerprint density at radius 1 is 1.33 bits per heavy atom. The zero-order valence-corrected chi connectivity index (χ0v) is 12.7. The molecule has 1 aliphatic heterocycles. The van der Waals surface area contributed by atoms with Crippen LogP contribution in [0.25, 0.3) is 0 Å². The van der Waals surface area contributed by atoms with Gasteiger partial charge in [0.15, 0.2) is 0 Å². The molecule has 8 heteroatoms. The molecule has 1 aliphatic rings. The van der Waals surface area contributed by atoms with E-state index in [9.17, 15) is 19.5 Å². The van der Waals surface area contributed by atoms with Crippen LogP contribution in [-0.2, 0) is 14.3 Å². The van der Waals surface area contributed by atoms with Crippen LogP contribution in [0.1, 0.15) is 13.3 Å². The maximum Gasteiger partial charge on any atom is 0.320 e. The van der Waals surface area contributed by atoms with Crippen LogP contribution in [0.2, 0.25) is 0 Å². The van der Waals surface area contributed by atoms with E-state index in [4.69, 9.17) is 4.74 Å². The summed E-state index contributed by atoms with van der Waals surface area (Å²) in [4.78, 5) is 37.8. The van der Waals surface area contributed by atoms with Crippen molar-refractivity contribution in [2.24, 2.45) is 5.92 Å². The van der Waals surface area contributed by atoms with Gasteiger partial charge in [0, 0.05) is 20.6 Å². The number of carboxylic acid groups (broad SMARTS) is 1. The van der Waals surface area contributed by atoms with E-state index in [1.54, 1.807) is 0 Å². The number of ether oxygens (including phenoxy) is 1. The van der Waals surface area contributed by atoms with Crippen LogP contribution in [-0.4, -0.2) is 79.3 Å². The third kappa shape index (κ3) is 4.32. The number of amides is 3. The molecular formula is C13H23N3O5. The Hall–Kier alpha value is -1.83. The maximum absolute atomic E-state index is 12.5. The van der Waals surface area contributed by atoms with Gasteiger partial charge in [0.2, 0.25) is 5.91 Å². The molecule has 2 unspecified atom stereocenters. The molecule has 21 heavy (non-hydrogen) atoms. The largest absolute Gasteiger partial charge is 0.481 e. The molecule has 0 bridgehead atoms. The molecule has 0 aromatic carbocycles. The van der Waals surface area contributed by atoms with Crippen molar-refractivity contribution in [3.8, 4) is 0 Å². The second-order valence-corrected chi connectivity index (χ2v) is 5.05. The number of nitrogens with zero attached hydrogens (tertiary/aromatic N) is 2. The van der Waals surface area contributed by atoms with E-state index in [0.29, 0.717) is 13.0 Å². The summed E-state index contributed by atoms with van der Waals surface area (Å²) in [5.74, 6) is -1.98. The fourth-order valence-electron chi connectivity index (χ4n) is 2.31. The number of aliphatic carboxylic acids is 1. The number of likely N-dealkylation sites (N-methyl/N-ethyl adjacent to an activating group) is 2. The Bertz CT molecular complexity index is 401. The van der Waals surface area contributed by atoms with Crippen molar-refractivity contribution in [3.63, 3.8) is 0 Å². The van der Waals surface area contributed by atoms with Crippen molar-refractivity contribution in [1.82, 2.24) is 15.1 Å². The van der Waals surface area contributed by atoms with E-state index in [2.05, 4.69) is 5.32 Å². The Labute approximate surface area is 124 Å². The summed E-state index contributed by atoms with van der Waals surface area (Å²) in [6.07, 6.45) is 0.697. The molecule has 1 rings (SSSR count). The van der Waals surface area contributed by atoms with Gasteiger partial charge < -0.3 is 25.0 Å². The highest BCUT2D eigenvalue weighted by atomic mass is 16.5. The van der Waals surface area contributed by atoms with E-state index in [-0.39, 0.29) is 31.7 Å². The molecule has 2 atom stereocenters. The summed E-state index contributed by atoms with van der Waals surface area (Å²) < 4.78 is 5.22. The molecule has 2 N–H and O–H groups in total. The second kappa shape index (κ2) is 7.82. The van der Waals surface area contributed by atoms with Crippen LogP contribution in [0, 0.1) is 5.92 Å². The molecule has 0 radical (unpaired) electrons. The first-order chi connectivity index (χ1) is 9.92. The molecule has 0 saturated carbocycles. The van der Waals surface area contributed by atoms with Crippen molar-refractivity contribution in [2.45, 2.75) is 19.4 Å². The van der Waals surface area contributed by atoms with E-state index in [1.807, 2.05) is 6.92 Å². The first-order valence-corrected chi connectivity index (χ1v) is 6.95. The second-order valence-electron chi connectivity index (χ2n) is 5.05. The summed E-state index contributed by atoms with van der Waals surface area (Å²) in [5, 5.41) is 11.7. The van der Waals surface area contributed by atoms with Gasteiger partial charge in [0.05, 0.1) is 19.3 Å². The van der Waals surface area contributed by atoms with Gasteiger partial charge in [-0.15, -0.1) is 0 Å². The highest BCUT2D eigenvalue weighted by molar-refractivity contribution is 5.84. The molecule has 8 nitrogen and oxygen atoms in total. The van der Waals surface area contributed by atoms with Crippen LogP contribution in [0.15, 0.2) is 0 Å². The van der Waals surface area contributed by atoms with Gasteiger partial charge in [-0.2, -0.15) is 0 Å². The molecule has 0 aliphatic carbocycles. The number of carboxylic acids is 1. The first-order valence-electron chi connectivity index (χ1n) is 6.95. The highest BCUT2D eigenvalue weighted by Gasteiger charge is 2.40. The number of hydrogen-bond acceptors (Lipinski definition) is 4.